The molecule has 45 heavy (non-hydrogen) atoms. The number of amides is 2. The number of nitrogen functional groups attached to an aromatic ring is 1. The van der Waals surface area contributed by atoms with Crippen molar-refractivity contribution in [2.24, 2.45) is 16.6 Å². The maximum atomic E-state index is 13.5. The molecule has 2 aliphatic rings. The van der Waals surface area contributed by atoms with Gasteiger partial charge in [0.25, 0.3) is 0 Å². The van der Waals surface area contributed by atoms with Gasteiger partial charge < -0.3 is 47.8 Å². The Hall–Kier alpha value is -3.55. The molecule has 2 fully saturated rings. The number of thioether (sulfide) groups is 3. The van der Waals surface area contributed by atoms with E-state index in [1.54, 1.807) is 12.5 Å². The molecule has 20 heteroatoms. The highest BCUT2D eigenvalue weighted by Crippen LogP contribution is 2.61. The molecular weight excluding hydrogens is 653 g/mol. The Balaban J connectivity index is 2.08. The van der Waals surface area contributed by atoms with Crippen LogP contribution in [0.15, 0.2) is 17.2 Å². The van der Waals surface area contributed by atoms with Crippen LogP contribution >= 0.6 is 35.3 Å². The third-order valence-corrected chi connectivity index (χ3v) is 11.4. The third-order valence-electron chi connectivity index (χ3n) is 8.16. The summed E-state index contributed by atoms with van der Waals surface area (Å²) in [5.74, 6) is -6.78. The van der Waals surface area contributed by atoms with Crippen LogP contribution in [0.5, 0.6) is 5.75 Å². The van der Waals surface area contributed by atoms with Crippen molar-refractivity contribution in [3.05, 3.63) is 33.7 Å². The number of hydrogen-bond donors (Lipinski definition) is 8. The van der Waals surface area contributed by atoms with Gasteiger partial charge in [-0.25, -0.2) is 4.79 Å². The molecule has 2 heterocycles. The molecule has 2 aliphatic heterocycles. The fourth-order valence-electron chi connectivity index (χ4n) is 5.81. The molecule has 5 atom stereocenters. The molecule has 17 nitrogen and oxygen atoms in total. The first-order chi connectivity index (χ1) is 21.1. The number of fused-ring (bicyclic) bond motifs is 1. The van der Waals surface area contributed by atoms with Gasteiger partial charge in [-0.05, 0) is 54.0 Å². The topological polar surface area (TPSA) is 308 Å². The fraction of sp³-hybridized carbons (Fsp3) is 0.560. The predicted molar refractivity (Wildman–Crippen MR) is 168 cm³/mol. The van der Waals surface area contributed by atoms with Gasteiger partial charge in [0.15, 0.2) is 0 Å². The zero-order chi connectivity index (χ0) is 33.9. The van der Waals surface area contributed by atoms with Crippen LogP contribution in [-0.4, -0.2) is 112 Å². The highest BCUT2D eigenvalue weighted by Gasteiger charge is 2.80. The Kier molecular flexibility index (Phi) is 11.0. The van der Waals surface area contributed by atoms with Crippen molar-refractivity contribution in [2.75, 3.05) is 29.8 Å². The highest BCUT2D eigenvalue weighted by molar-refractivity contribution is 8.02. The van der Waals surface area contributed by atoms with Gasteiger partial charge in [-0.3, -0.25) is 19.2 Å². The first kappa shape index (κ1) is 35.9. The number of benzene rings is 1. The summed E-state index contributed by atoms with van der Waals surface area (Å²) in [4.78, 5) is 68.8. The second kappa shape index (κ2) is 13.8. The molecule has 0 aromatic heterocycles. The minimum Gasteiger partial charge on any atom is -0.508 e. The molecule has 2 amide bonds. The lowest BCUT2D eigenvalue weighted by molar-refractivity contribution is -0.168. The number of hydrogen-bond acceptors (Lipinski definition) is 13. The first-order valence-corrected chi connectivity index (χ1v) is 16.9. The molecule has 0 bridgehead atoms. The number of carbonyl (C=O) groups excluding carboxylic acids is 2. The average molecular weight is 687 g/mol. The van der Waals surface area contributed by atoms with Crippen LogP contribution in [0.3, 0.4) is 0 Å². The zero-order valence-electron chi connectivity index (χ0n) is 24.2. The smallest absolute Gasteiger partial charge is 0.328 e. The first-order valence-electron chi connectivity index (χ1n) is 13.2. The maximum Gasteiger partial charge on any atom is 0.328 e. The van der Waals surface area contributed by atoms with Crippen molar-refractivity contribution >= 4 is 70.7 Å². The number of aromatic hydroxyl groups is 1. The van der Waals surface area contributed by atoms with E-state index in [2.05, 4.69) is 15.3 Å². The second-order valence-electron chi connectivity index (χ2n) is 10.5. The average Bonchev–Trinajstić information content (AvgIpc) is 3.33. The van der Waals surface area contributed by atoms with Gasteiger partial charge in [0.05, 0.1) is 13.0 Å². The van der Waals surface area contributed by atoms with E-state index in [1.807, 2.05) is 0 Å². The summed E-state index contributed by atoms with van der Waals surface area (Å²) in [5.41, 5.74) is 23.0. The minimum atomic E-state index is -2.55. The number of rotatable bonds is 16. The summed E-state index contributed by atoms with van der Waals surface area (Å²) in [7, 11) is 0. The molecular formula is C25H34N8O9S3. The van der Waals surface area contributed by atoms with Crippen LogP contribution in [0.1, 0.15) is 24.0 Å². The van der Waals surface area contributed by atoms with Crippen molar-refractivity contribution in [3.8, 4) is 5.75 Å². The van der Waals surface area contributed by atoms with Gasteiger partial charge in [-0.2, -0.15) is 23.5 Å². The number of nitrogens with zero attached hydrogens (tertiary/aromatic N) is 4. The Bertz CT molecular complexity index is 1410. The third kappa shape index (κ3) is 5.93. The Morgan fingerprint density at radius 2 is 1.67 bits per heavy atom. The number of phenols is 1. The zero-order valence-corrected chi connectivity index (χ0v) is 26.7. The van der Waals surface area contributed by atoms with Crippen LogP contribution in [0.25, 0.3) is 10.4 Å². The predicted octanol–water partition coefficient (Wildman–Crippen LogP) is -0.0105. The lowest BCUT2D eigenvalue weighted by Crippen LogP contribution is -2.83. The Morgan fingerprint density at radius 1 is 1.11 bits per heavy atom. The van der Waals surface area contributed by atoms with Gasteiger partial charge in [-0.15, -0.1) is 11.8 Å². The summed E-state index contributed by atoms with van der Waals surface area (Å²) in [6.45, 7) is -0.293. The highest BCUT2D eigenvalue weighted by atomic mass is 32.2. The number of carboxylic acid groups (broad SMARTS) is 3. The van der Waals surface area contributed by atoms with E-state index in [4.69, 9.17) is 22.7 Å². The number of nitrogens with one attached hydrogen (secondary N) is 1. The van der Waals surface area contributed by atoms with Crippen LogP contribution < -0.4 is 22.5 Å². The Morgan fingerprint density at radius 3 is 2.13 bits per heavy atom. The molecule has 0 saturated carbocycles. The number of aliphatic carboxylic acids is 3. The van der Waals surface area contributed by atoms with Crippen molar-refractivity contribution in [3.63, 3.8) is 0 Å². The minimum absolute atomic E-state index is 0.0225. The largest absolute Gasteiger partial charge is 0.508 e. The normalized spacial score (nSPS) is 24.8. The molecule has 0 spiro atoms. The molecule has 0 radical (unpaired) electrons. The van der Waals surface area contributed by atoms with Crippen LogP contribution in [0, 0.1) is 0 Å². The number of carboxylic acids is 3. The monoisotopic (exact) mass is 686 g/mol. The molecule has 0 aliphatic carbocycles. The quantitative estimate of drug-likeness (QED) is 0.0373. The van der Waals surface area contributed by atoms with Gasteiger partial charge in [0, 0.05) is 16.2 Å². The van der Waals surface area contributed by atoms with E-state index in [0.717, 1.165) is 4.90 Å². The summed E-state index contributed by atoms with van der Waals surface area (Å²) < 4.78 is -2.49. The number of phenolic OH excluding ortho intramolecular Hbond substituents is 1. The number of β-lactam (4-membered cyclic amide) rings is 1. The molecule has 2 saturated heterocycles. The van der Waals surface area contributed by atoms with E-state index in [1.165, 1.54) is 35.7 Å². The lowest BCUT2D eigenvalue weighted by atomic mass is 9.63. The lowest BCUT2D eigenvalue weighted by Gasteiger charge is -2.52. The summed E-state index contributed by atoms with van der Waals surface area (Å²) >= 11 is 2.98. The van der Waals surface area contributed by atoms with E-state index < -0.39 is 69.4 Å². The van der Waals surface area contributed by atoms with E-state index in [9.17, 15) is 44.4 Å². The van der Waals surface area contributed by atoms with Crippen molar-refractivity contribution in [1.82, 2.24) is 10.2 Å². The molecule has 11 N–H and O–H groups in total. The van der Waals surface area contributed by atoms with Gasteiger partial charge >= 0.3 is 17.9 Å². The van der Waals surface area contributed by atoms with Gasteiger partial charge in [0.2, 0.25) is 11.8 Å². The van der Waals surface area contributed by atoms with E-state index in [-0.39, 0.29) is 53.5 Å². The Labute approximate surface area is 269 Å². The van der Waals surface area contributed by atoms with Crippen LogP contribution in [-0.2, 0) is 36.9 Å². The fourth-order valence-corrected chi connectivity index (χ4v) is 9.04. The van der Waals surface area contributed by atoms with Gasteiger partial charge in [0.1, 0.15) is 39.0 Å². The maximum absolute atomic E-state index is 13.5. The van der Waals surface area contributed by atoms with E-state index >= 15 is 0 Å². The number of anilines is 1. The molecule has 1 aromatic carbocycles. The number of azide groups is 1. The number of carbonyl (C=O) groups is 5. The second-order valence-corrected chi connectivity index (χ2v) is 13.8. The molecule has 5 unspecified atom stereocenters. The number of nitrogens with two attached hydrogens (primary N) is 3. The summed E-state index contributed by atoms with van der Waals surface area (Å²) in [6.07, 6.45) is 2.16. The van der Waals surface area contributed by atoms with Crippen molar-refractivity contribution in [2.45, 2.75) is 59.1 Å². The standard InChI is InChI=1S/C25H34N8O9S3/c1-43-7-5-23(27,21(39)40)25(24(28,22(41)42)6-8-44-2)17(20(37)38)33-18(36)16(19(33)45-25)31-14(35)9-11-3-4-13(34)12(15(11)26)10-30-32-29/h3-4,16-17,19,34H,5-10,26-28H2,1-2H3,(H,31,35)(H,37,38)(H,39,40)(H,41,42). The van der Waals surface area contributed by atoms with Crippen LogP contribution in [0.2, 0.25) is 0 Å². The summed E-state index contributed by atoms with van der Waals surface area (Å²) in [6, 6.07) is -0.852. The summed E-state index contributed by atoms with van der Waals surface area (Å²) in [5, 5.41) is 46.2. The SMILES string of the molecule is CSCCC(N)(C(=O)O)C1(C(N)(CCSC)C(=O)O)SC2C(NC(=O)Cc3ccc(O)c(CN=[N+]=[N-])c3N)C(=O)N2C1C(=O)O. The molecule has 1 aromatic rings. The van der Waals surface area contributed by atoms with Crippen molar-refractivity contribution < 1.29 is 44.4 Å². The van der Waals surface area contributed by atoms with Crippen LogP contribution in [0.4, 0.5) is 5.69 Å². The van der Waals surface area contributed by atoms with Crippen molar-refractivity contribution in [1.29, 1.82) is 0 Å². The van der Waals surface area contributed by atoms with E-state index in [0.29, 0.717) is 11.8 Å². The van der Waals surface area contributed by atoms with Gasteiger partial charge in [-0.1, -0.05) is 11.2 Å². The molecule has 3 rings (SSSR count). The molecule has 246 valence electrons.